The average Bonchev–Trinajstić information content (AvgIpc) is 2.59. The number of benzene rings is 1. The fourth-order valence-electron chi connectivity index (χ4n) is 2.17. The first kappa shape index (κ1) is 20.5. The normalized spacial score (nSPS) is 11.6. The molecule has 0 fully saturated rings. The van der Waals surface area contributed by atoms with Crippen LogP contribution in [-0.4, -0.2) is 42.1 Å². The fourth-order valence-corrected chi connectivity index (χ4v) is 2.66. The molecule has 0 saturated carbocycles. The van der Waals surface area contributed by atoms with Crippen LogP contribution in [-0.2, 0) is 4.79 Å². The molecule has 0 bridgehead atoms. The van der Waals surface area contributed by atoms with Crippen molar-refractivity contribution in [3.05, 3.63) is 36.5 Å². The molecule has 2 rings (SSSR count). The smallest absolute Gasteiger partial charge is 0.236 e. The Morgan fingerprint density at radius 3 is 2.96 bits per heavy atom. The Morgan fingerprint density at radius 2 is 2.17 bits per heavy atom. The highest BCUT2D eigenvalue weighted by Crippen LogP contribution is 2.22. The zero-order valence-electron chi connectivity index (χ0n) is 13.7. The Labute approximate surface area is 153 Å². The third kappa shape index (κ3) is 6.19. The standard InChI is InChI=1S/C17H23N3O2S.ClH/c1-23-12-8-14(18)17(21)20-10-4-11-22-15-7-2-5-13-6-3-9-19-16(13)15;/h2-3,5-7,9,14H,4,8,10-12,18H2,1H3,(H,20,21);1H/t14-;/m0./s1. The van der Waals surface area contributed by atoms with Gasteiger partial charge in [-0.15, -0.1) is 12.4 Å². The van der Waals surface area contributed by atoms with Crippen LogP contribution in [0.15, 0.2) is 36.5 Å². The van der Waals surface area contributed by atoms with Gasteiger partial charge in [-0.2, -0.15) is 11.8 Å². The molecule has 0 aliphatic carbocycles. The van der Waals surface area contributed by atoms with Crippen LogP contribution in [0, 0.1) is 0 Å². The van der Waals surface area contributed by atoms with Crippen molar-refractivity contribution in [1.29, 1.82) is 0 Å². The first-order chi connectivity index (χ1) is 11.2. The Morgan fingerprint density at radius 1 is 1.38 bits per heavy atom. The highest BCUT2D eigenvalue weighted by atomic mass is 35.5. The van der Waals surface area contributed by atoms with Gasteiger partial charge in [-0.05, 0) is 37.0 Å². The zero-order chi connectivity index (χ0) is 16.5. The third-order valence-corrected chi connectivity index (χ3v) is 4.09. The van der Waals surface area contributed by atoms with E-state index in [4.69, 9.17) is 10.5 Å². The maximum atomic E-state index is 11.8. The van der Waals surface area contributed by atoms with Crippen LogP contribution in [0.1, 0.15) is 12.8 Å². The SMILES string of the molecule is CSCC[C@H](N)C(=O)NCCCOc1cccc2cccnc12.Cl. The van der Waals surface area contributed by atoms with E-state index in [0.29, 0.717) is 19.6 Å². The second-order valence-corrected chi connectivity index (χ2v) is 6.20. The number of thioether (sulfide) groups is 1. The monoisotopic (exact) mass is 369 g/mol. The van der Waals surface area contributed by atoms with E-state index >= 15 is 0 Å². The van der Waals surface area contributed by atoms with Crippen LogP contribution >= 0.6 is 24.2 Å². The predicted octanol–water partition coefficient (Wildman–Crippen LogP) is 2.62. The van der Waals surface area contributed by atoms with Gasteiger partial charge in [0.2, 0.25) is 5.91 Å². The van der Waals surface area contributed by atoms with Gasteiger partial charge < -0.3 is 15.8 Å². The maximum Gasteiger partial charge on any atom is 0.236 e. The quantitative estimate of drug-likeness (QED) is 0.664. The van der Waals surface area contributed by atoms with Gasteiger partial charge >= 0.3 is 0 Å². The number of amides is 1. The van der Waals surface area contributed by atoms with Gasteiger partial charge in [0.15, 0.2) is 0 Å². The molecule has 0 aliphatic heterocycles. The Hall–Kier alpha value is -1.50. The maximum absolute atomic E-state index is 11.8. The van der Waals surface area contributed by atoms with Crippen molar-refractivity contribution in [2.75, 3.05) is 25.2 Å². The number of hydrogen-bond acceptors (Lipinski definition) is 5. The topological polar surface area (TPSA) is 77.2 Å². The summed E-state index contributed by atoms with van der Waals surface area (Å²) in [5, 5.41) is 3.90. The lowest BCUT2D eigenvalue weighted by Gasteiger charge is -2.12. The van der Waals surface area contributed by atoms with Crippen LogP contribution in [0.5, 0.6) is 5.75 Å². The molecule has 24 heavy (non-hydrogen) atoms. The first-order valence-electron chi connectivity index (χ1n) is 7.71. The van der Waals surface area contributed by atoms with E-state index in [1.54, 1.807) is 18.0 Å². The molecular formula is C17H24ClN3O2S. The number of fused-ring (bicyclic) bond motifs is 1. The van der Waals surface area contributed by atoms with E-state index in [9.17, 15) is 4.79 Å². The molecule has 132 valence electrons. The number of para-hydroxylation sites is 1. The van der Waals surface area contributed by atoms with Crippen LogP contribution < -0.4 is 15.8 Å². The molecule has 1 atom stereocenters. The van der Waals surface area contributed by atoms with Crippen LogP contribution in [0.4, 0.5) is 0 Å². The van der Waals surface area contributed by atoms with Gasteiger partial charge in [0.05, 0.1) is 12.6 Å². The number of nitrogens with zero attached hydrogens (tertiary/aromatic N) is 1. The van der Waals surface area contributed by atoms with Crippen molar-refractivity contribution in [2.45, 2.75) is 18.9 Å². The van der Waals surface area contributed by atoms with Gasteiger partial charge in [0.1, 0.15) is 11.3 Å². The number of carbonyl (C=O) groups excluding carboxylic acids is 1. The second-order valence-electron chi connectivity index (χ2n) is 5.21. The molecule has 1 amide bonds. The van der Waals surface area contributed by atoms with Gasteiger partial charge in [0, 0.05) is 18.1 Å². The third-order valence-electron chi connectivity index (χ3n) is 3.44. The number of nitrogens with one attached hydrogen (secondary N) is 1. The van der Waals surface area contributed by atoms with E-state index < -0.39 is 6.04 Å². The van der Waals surface area contributed by atoms with Crippen molar-refractivity contribution in [1.82, 2.24) is 10.3 Å². The fraction of sp³-hybridized carbons (Fsp3) is 0.412. The second kappa shape index (κ2) is 11.1. The Balaban J connectivity index is 0.00000288. The average molecular weight is 370 g/mol. The molecule has 0 spiro atoms. The highest BCUT2D eigenvalue weighted by molar-refractivity contribution is 7.98. The summed E-state index contributed by atoms with van der Waals surface area (Å²) in [6, 6.07) is 9.35. The molecule has 5 nitrogen and oxygen atoms in total. The molecule has 1 aromatic heterocycles. The van der Waals surface area contributed by atoms with E-state index in [1.807, 2.05) is 36.6 Å². The molecule has 1 heterocycles. The summed E-state index contributed by atoms with van der Waals surface area (Å²) >= 11 is 1.69. The van der Waals surface area contributed by atoms with Crippen LogP contribution in [0.3, 0.4) is 0 Å². The van der Waals surface area contributed by atoms with Gasteiger partial charge in [-0.3, -0.25) is 9.78 Å². The molecule has 2 aromatic rings. The number of ether oxygens (including phenoxy) is 1. The number of halogens is 1. The van der Waals surface area contributed by atoms with Crippen LogP contribution in [0.25, 0.3) is 10.9 Å². The van der Waals surface area contributed by atoms with Gasteiger partial charge in [-0.1, -0.05) is 18.2 Å². The highest BCUT2D eigenvalue weighted by Gasteiger charge is 2.11. The van der Waals surface area contributed by atoms with Gasteiger partial charge in [0.25, 0.3) is 0 Å². The van der Waals surface area contributed by atoms with Crippen LogP contribution in [0.2, 0.25) is 0 Å². The lowest BCUT2D eigenvalue weighted by Crippen LogP contribution is -2.41. The minimum atomic E-state index is -0.425. The van der Waals surface area contributed by atoms with Crippen molar-refractivity contribution < 1.29 is 9.53 Å². The zero-order valence-corrected chi connectivity index (χ0v) is 15.4. The number of aromatic nitrogens is 1. The van der Waals surface area contributed by atoms with Crippen molar-refractivity contribution in [3.8, 4) is 5.75 Å². The Bertz CT molecular complexity index is 637. The van der Waals surface area contributed by atoms with E-state index in [2.05, 4.69) is 10.3 Å². The lowest BCUT2D eigenvalue weighted by atomic mass is 10.2. The molecular weight excluding hydrogens is 346 g/mol. The number of carbonyl (C=O) groups is 1. The summed E-state index contributed by atoms with van der Waals surface area (Å²) in [7, 11) is 0. The summed E-state index contributed by atoms with van der Waals surface area (Å²) in [5.74, 6) is 1.57. The minimum absolute atomic E-state index is 0. The van der Waals surface area contributed by atoms with E-state index in [-0.39, 0.29) is 18.3 Å². The summed E-state index contributed by atoms with van der Waals surface area (Å²) in [5.41, 5.74) is 6.67. The van der Waals surface area contributed by atoms with Gasteiger partial charge in [-0.25, -0.2) is 0 Å². The molecule has 0 radical (unpaired) electrons. The summed E-state index contributed by atoms with van der Waals surface area (Å²) in [6.07, 6.45) is 5.19. The summed E-state index contributed by atoms with van der Waals surface area (Å²) in [4.78, 5) is 16.1. The number of hydrogen-bond donors (Lipinski definition) is 2. The lowest BCUT2D eigenvalue weighted by molar-refractivity contribution is -0.122. The largest absolute Gasteiger partial charge is 0.491 e. The Kier molecular flexibility index (Phi) is 9.52. The number of pyridine rings is 1. The minimum Gasteiger partial charge on any atom is -0.491 e. The first-order valence-corrected chi connectivity index (χ1v) is 9.10. The molecule has 0 aliphatic rings. The molecule has 3 N–H and O–H groups in total. The molecule has 7 heteroatoms. The summed E-state index contributed by atoms with van der Waals surface area (Å²) in [6.45, 7) is 1.08. The van der Waals surface area contributed by atoms with Crippen molar-refractivity contribution in [3.63, 3.8) is 0 Å². The summed E-state index contributed by atoms with van der Waals surface area (Å²) < 4.78 is 5.78. The van der Waals surface area contributed by atoms with E-state index in [1.165, 1.54) is 0 Å². The molecule has 0 saturated heterocycles. The number of nitrogens with two attached hydrogens (primary N) is 1. The van der Waals surface area contributed by atoms with E-state index in [0.717, 1.165) is 28.8 Å². The van der Waals surface area contributed by atoms with Crippen molar-refractivity contribution >= 4 is 41.0 Å². The molecule has 0 unspecified atom stereocenters. The van der Waals surface area contributed by atoms with Crippen molar-refractivity contribution in [2.24, 2.45) is 5.73 Å². The molecule has 1 aromatic carbocycles. The predicted molar refractivity (Wildman–Crippen MR) is 103 cm³/mol. The number of rotatable bonds is 9.